The molecule has 0 nitrogen and oxygen atoms in total. The van der Waals surface area contributed by atoms with Crippen molar-refractivity contribution in [3.05, 3.63) is 21.3 Å². The summed E-state index contributed by atoms with van der Waals surface area (Å²) in [5.74, 6) is 1.66. The van der Waals surface area contributed by atoms with Gasteiger partial charge < -0.3 is 0 Å². The van der Waals surface area contributed by atoms with Gasteiger partial charge in [-0.1, -0.05) is 27.5 Å². The van der Waals surface area contributed by atoms with Gasteiger partial charge in [0.2, 0.25) is 0 Å². The number of thiophene rings is 1. The SMILES string of the molecule is Clc1csc(C2CC2CBr)c1. The van der Waals surface area contributed by atoms with Gasteiger partial charge in [-0.3, -0.25) is 0 Å². The van der Waals surface area contributed by atoms with Crippen molar-refractivity contribution >= 4 is 38.9 Å². The first kappa shape index (κ1) is 8.09. The highest BCUT2D eigenvalue weighted by Crippen LogP contribution is 2.50. The molecule has 0 aliphatic heterocycles. The summed E-state index contributed by atoms with van der Waals surface area (Å²) in [4.78, 5) is 1.46. The Balaban J connectivity index is 2.08. The van der Waals surface area contributed by atoms with E-state index in [-0.39, 0.29) is 0 Å². The van der Waals surface area contributed by atoms with E-state index in [0.29, 0.717) is 0 Å². The maximum absolute atomic E-state index is 5.82. The quantitative estimate of drug-likeness (QED) is 0.700. The molecule has 0 N–H and O–H groups in total. The molecule has 1 aromatic rings. The van der Waals surface area contributed by atoms with Crippen LogP contribution in [-0.4, -0.2) is 5.33 Å². The van der Waals surface area contributed by atoms with Gasteiger partial charge in [-0.15, -0.1) is 11.3 Å². The largest absolute Gasteiger partial charge is 0.147 e. The first-order valence-electron chi connectivity index (χ1n) is 3.61. The molecule has 2 atom stereocenters. The molecule has 2 rings (SSSR count). The number of hydrogen-bond acceptors (Lipinski definition) is 1. The lowest BCUT2D eigenvalue weighted by Crippen LogP contribution is -1.78. The molecule has 0 radical (unpaired) electrons. The number of halogens is 2. The van der Waals surface area contributed by atoms with Gasteiger partial charge in [0, 0.05) is 15.6 Å². The van der Waals surface area contributed by atoms with Crippen molar-refractivity contribution in [2.75, 3.05) is 5.33 Å². The van der Waals surface area contributed by atoms with Crippen LogP contribution in [0.25, 0.3) is 0 Å². The van der Waals surface area contributed by atoms with Gasteiger partial charge >= 0.3 is 0 Å². The minimum atomic E-state index is 0.798. The van der Waals surface area contributed by atoms with E-state index in [0.717, 1.165) is 22.2 Å². The summed E-state index contributed by atoms with van der Waals surface area (Å²) >= 11 is 11.1. The zero-order valence-corrected chi connectivity index (χ0v) is 9.05. The number of alkyl halides is 1. The van der Waals surface area contributed by atoms with Crippen LogP contribution in [0.15, 0.2) is 11.4 Å². The van der Waals surface area contributed by atoms with Gasteiger partial charge in [0.25, 0.3) is 0 Å². The molecule has 1 aromatic heterocycles. The average molecular weight is 252 g/mol. The predicted molar refractivity (Wildman–Crippen MR) is 54.0 cm³/mol. The fourth-order valence-electron chi connectivity index (χ4n) is 1.29. The molecular weight excluding hydrogens is 244 g/mol. The predicted octanol–water partition coefficient (Wildman–Crippen LogP) is 3.90. The van der Waals surface area contributed by atoms with Crippen LogP contribution in [0.1, 0.15) is 17.2 Å². The Kier molecular flexibility index (Phi) is 2.26. The van der Waals surface area contributed by atoms with Crippen LogP contribution in [0.4, 0.5) is 0 Å². The minimum Gasteiger partial charge on any atom is -0.147 e. The maximum atomic E-state index is 5.82. The van der Waals surface area contributed by atoms with Crippen LogP contribution in [-0.2, 0) is 0 Å². The Morgan fingerprint density at radius 3 is 3.00 bits per heavy atom. The summed E-state index contributed by atoms with van der Waals surface area (Å²) in [6.07, 6.45) is 1.34. The Morgan fingerprint density at radius 2 is 2.55 bits per heavy atom. The Hall–Kier alpha value is 0.470. The topological polar surface area (TPSA) is 0 Å². The fraction of sp³-hybridized carbons (Fsp3) is 0.500. The van der Waals surface area contributed by atoms with Gasteiger partial charge in [0.15, 0.2) is 0 Å². The van der Waals surface area contributed by atoms with Crippen molar-refractivity contribution in [1.29, 1.82) is 0 Å². The van der Waals surface area contributed by atoms with Crippen molar-refractivity contribution < 1.29 is 0 Å². The average Bonchev–Trinajstić information content (AvgIpc) is 2.68. The van der Waals surface area contributed by atoms with Crippen LogP contribution in [0.2, 0.25) is 5.02 Å². The summed E-state index contributed by atoms with van der Waals surface area (Å²) in [5.41, 5.74) is 0. The van der Waals surface area contributed by atoms with E-state index in [1.165, 1.54) is 11.3 Å². The number of rotatable bonds is 2. The van der Waals surface area contributed by atoms with Crippen molar-refractivity contribution in [3.8, 4) is 0 Å². The molecule has 0 bridgehead atoms. The van der Waals surface area contributed by atoms with Crippen molar-refractivity contribution in [2.24, 2.45) is 5.92 Å². The van der Waals surface area contributed by atoms with Crippen LogP contribution >= 0.6 is 38.9 Å². The van der Waals surface area contributed by atoms with Crippen molar-refractivity contribution in [3.63, 3.8) is 0 Å². The molecule has 0 saturated heterocycles. The first-order valence-corrected chi connectivity index (χ1v) is 5.99. The molecule has 11 heavy (non-hydrogen) atoms. The van der Waals surface area contributed by atoms with E-state index in [1.807, 2.05) is 5.38 Å². The smallest absolute Gasteiger partial charge is 0.0515 e. The second-order valence-electron chi connectivity index (χ2n) is 2.92. The maximum Gasteiger partial charge on any atom is 0.0515 e. The third kappa shape index (κ3) is 1.63. The molecule has 0 spiro atoms. The molecule has 1 aliphatic carbocycles. The normalized spacial score (nSPS) is 28.9. The van der Waals surface area contributed by atoms with E-state index in [1.54, 1.807) is 11.3 Å². The molecule has 1 heterocycles. The molecule has 0 amide bonds. The fourth-order valence-corrected chi connectivity index (χ4v) is 3.30. The summed E-state index contributed by atoms with van der Waals surface area (Å²) < 4.78 is 0. The molecule has 60 valence electrons. The lowest BCUT2D eigenvalue weighted by molar-refractivity contribution is 0.950. The molecule has 3 heteroatoms. The second kappa shape index (κ2) is 3.08. The van der Waals surface area contributed by atoms with Crippen LogP contribution in [0.5, 0.6) is 0 Å². The van der Waals surface area contributed by atoms with Gasteiger partial charge in [0.1, 0.15) is 0 Å². The Morgan fingerprint density at radius 1 is 1.73 bits per heavy atom. The zero-order valence-electron chi connectivity index (χ0n) is 5.89. The second-order valence-corrected chi connectivity index (χ2v) is 4.95. The molecule has 0 aromatic carbocycles. The van der Waals surface area contributed by atoms with Gasteiger partial charge in [0.05, 0.1) is 5.02 Å². The third-order valence-electron chi connectivity index (χ3n) is 2.07. The van der Waals surface area contributed by atoms with E-state index < -0.39 is 0 Å². The Labute approximate surface area is 83.7 Å². The highest BCUT2D eigenvalue weighted by molar-refractivity contribution is 9.09. The van der Waals surface area contributed by atoms with Crippen molar-refractivity contribution in [2.45, 2.75) is 12.3 Å². The van der Waals surface area contributed by atoms with Crippen molar-refractivity contribution in [1.82, 2.24) is 0 Å². The first-order chi connectivity index (χ1) is 5.31. The van der Waals surface area contributed by atoms with E-state index >= 15 is 0 Å². The molecule has 1 saturated carbocycles. The Bertz CT molecular complexity index is 258. The minimum absolute atomic E-state index is 0.798. The summed E-state index contributed by atoms with van der Waals surface area (Å²) in [5, 5.41) is 4.04. The van der Waals surface area contributed by atoms with Gasteiger partial charge in [-0.2, -0.15) is 0 Å². The number of hydrogen-bond donors (Lipinski definition) is 0. The highest BCUT2D eigenvalue weighted by Gasteiger charge is 2.37. The molecule has 1 fully saturated rings. The summed E-state index contributed by atoms with van der Waals surface area (Å²) in [6.45, 7) is 0. The van der Waals surface area contributed by atoms with Crippen LogP contribution in [0, 0.1) is 5.92 Å². The molecular formula is C8H8BrClS. The molecule has 1 aliphatic rings. The van der Waals surface area contributed by atoms with Gasteiger partial charge in [-0.05, 0) is 24.3 Å². The standard InChI is InChI=1S/C8H8BrClS/c9-3-5-1-7(5)8-2-6(10)4-11-8/h2,4-5,7H,1,3H2. The lowest BCUT2D eigenvalue weighted by atomic mass is 10.3. The monoisotopic (exact) mass is 250 g/mol. The van der Waals surface area contributed by atoms with E-state index in [9.17, 15) is 0 Å². The highest BCUT2D eigenvalue weighted by atomic mass is 79.9. The third-order valence-corrected chi connectivity index (χ3v) is 4.32. The van der Waals surface area contributed by atoms with Crippen LogP contribution < -0.4 is 0 Å². The van der Waals surface area contributed by atoms with E-state index in [4.69, 9.17) is 11.6 Å². The lowest BCUT2D eigenvalue weighted by Gasteiger charge is -1.89. The summed E-state index contributed by atoms with van der Waals surface area (Å²) in [6, 6.07) is 2.10. The van der Waals surface area contributed by atoms with E-state index in [2.05, 4.69) is 22.0 Å². The van der Waals surface area contributed by atoms with Gasteiger partial charge in [-0.25, -0.2) is 0 Å². The summed E-state index contributed by atoms with van der Waals surface area (Å²) in [7, 11) is 0. The molecule has 2 unspecified atom stereocenters. The zero-order chi connectivity index (χ0) is 7.84. The van der Waals surface area contributed by atoms with Crippen LogP contribution in [0.3, 0.4) is 0 Å².